The van der Waals surface area contributed by atoms with Gasteiger partial charge in [-0.25, -0.2) is 9.97 Å². The third kappa shape index (κ3) is 4.80. The highest BCUT2D eigenvalue weighted by Gasteiger charge is 2.23. The largest absolute Gasteiger partial charge is 0.491 e. The molecule has 1 aliphatic rings. The maximum Gasteiger partial charge on any atom is 0.253 e. The fraction of sp³-hybridized carbons (Fsp3) is 0.500. The summed E-state index contributed by atoms with van der Waals surface area (Å²) < 4.78 is 5.65. The normalized spacial score (nSPS) is 14.7. The van der Waals surface area contributed by atoms with E-state index < -0.39 is 0 Å². The second kappa shape index (κ2) is 8.59. The first-order valence-corrected chi connectivity index (χ1v) is 10.00. The summed E-state index contributed by atoms with van der Waals surface area (Å²) in [6.07, 6.45) is 0.122. The molecule has 1 aromatic carbocycles. The maximum absolute atomic E-state index is 12.8. The van der Waals surface area contributed by atoms with Crippen molar-refractivity contribution in [1.29, 1.82) is 0 Å². The molecule has 0 aliphatic carbocycles. The highest BCUT2D eigenvalue weighted by atomic mass is 16.5. The summed E-state index contributed by atoms with van der Waals surface area (Å²) in [5.41, 5.74) is 1.68. The van der Waals surface area contributed by atoms with Crippen LogP contribution in [0.4, 0.5) is 5.82 Å². The van der Waals surface area contributed by atoms with Gasteiger partial charge in [0.2, 0.25) is 0 Å². The second-order valence-corrected chi connectivity index (χ2v) is 7.85. The van der Waals surface area contributed by atoms with Gasteiger partial charge in [-0.15, -0.1) is 0 Å². The van der Waals surface area contributed by atoms with Gasteiger partial charge in [0, 0.05) is 49.4 Å². The molecule has 0 saturated carbocycles. The lowest BCUT2D eigenvalue weighted by Gasteiger charge is -2.35. The Bertz CT molecular complexity index is 810. The molecule has 2 aromatic rings. The van der Waals surface area contributed by atoms with Crippen LogP contribution in [0.15, 0.2) is 30.3 Å². The Morgan fingerprint density at radius 1 is 1.00 bits per heavy atom. The molecule has 2 heterocycles. The van der Waals surface area contributed by atoms with Crippen LogP contribution >= 0.6 is 0 Å². The van der Waals surface area contributed by atoms with Gasteiger partial charge in [0.15, 0.2) is 0 Å². The molecule has 0 N–H and O–H groups in total. The van der Waals surface area contributed by atoms with E-state index in [-0.39, 0.29) is 12.0 Å². The molecule has 0 radical (unpaired) electrons. The molecule has 0 bridgehead atoms. The molecular formula is C22H30N4O2. The maximum atomic E-state index is 12.8. The Morgan fingerprint density at radius 2 is 1.64 bits per heavy atom. The first-order chi connectivity index (χ1) is 13.3. The van der Waals surface area contributed by atoms with Gasteiger partial charge in [-0.05, 0) is 45.0 Å². The number of rotatable bonds is 5. The van der Waals surface area contributed by atoms with E-state index in [9.17, 15) is 4.79 Å². The van der Waals surface area contributed by atoms with Crippen LogP contribution in [-0.4, -0.2) is 53.1 Å². The average Bonchev–Trinajstić information content (AvgIpc) is 2.67. The Morgan fingerprint density at radius 3 is 2.21 bits per heavy atom. The molecule has 1 aliphatic heterocycles. The minimum Gasteiger partial charge on any atom is -0.491 e. The Kier molecular flexibility index (Phi) is 6.17. The molecule has 1 aromatic heterocycles. The number of nitrogens with zero attached hydrogens (tertiary/aromatic N) is 4. The standard InChI is InChI=1S/C22H30N4O2/c1-15(2)21-23-17(5)14-20(24-21)25-10-12-26(13-11-25)22(27)18-6-8-19(9-7-18)28-16(3)4/h6-9,14-16H,10-13H2,1-5H3. The molecule has 6 nitrogen and oxygen atoms in total. The lowest BCUT2D eigenvalue weighted by atomic mass is 10.1. The van der Waals surface area contributed by atoms with Crippen molar-refractivity contribution in [2.45, 2.75) is 46.6 Å². The minimum absolute atomic E-state index is 0.0671. The molecule has 1 amide bonds. The topological polar surface area (TPSA) is 58.6 Å². The lowest BCUT2D eigenvalue weighted by molar-refractivity contribution is 0.0746. The van der Waals surface area contributed by atoms with Crippen LogP contribution in [0.2, 0.25) is 0 Å². The zero-order chi connectivity index (χ0) is 20.3. The van der Waals surface area contributed by atoms with Crippen LogP contribution in [0.5, 0.6) is 5.75 Å². The van der Waals surface area contributed by atoms with Crippen LogP contribution < -0.4 is 9.64 Å². The number of amides is 1. The van der Waals surface area contributed by atoms with E-state index in [4.69, 9.17) is 9.72 Å². The molecule has 0 atom stereocenters. The monoisotopic (exact) mass is 382 g/mol. The van der Waals surface area contributed by atoms with E-state index in [1.165, 1.54) is 0 Å². The number of hydrogen-bond donors (Lipinski definition) is 0. The van der Waals surface area contributed by atoms with Crippen molar-refractivity contribution < 1.29 is 9.53 Å². The van der Waals surface area contributed by atoms with E-state index in [1.54, 1.807) is 0 Å². The number of anilines is 1. The van der Waals surface area contributed by atoms with Crippen molar-refractivity contribution in [2.24, 2.45) is 0 Å². The Balaban J connectivity index is 1.63. The van der Waals surface area contributed by atoms with E-state index in [2.05, 4.69) is 23.7 Å². The summed E-state index contributed by atoms with van der Waals surface area (Å²) in [5, 5.41) is 0. The van der Waals surface area contributed by atoms with Gasteiger partial charge in [0.1, 0.15) is 17.4 Å². The molecule has 1 saturated heterocycles. The Labute approximate surface area is 167 Å². The quantitative estimate of drug-likeness (QED) is 0.790. The first kappa shape index (κ1) is 20.1. The molecule has 1 fully saturated rings. The highest BCUT2D eigenvalue weighted by molar-refractivity contribution is 5.94. The minimum atomic E-state index is 0.0671. The number of ether oxygens (including phenoxy) is 1. The van der Waals surface area contributed by atoms with E-state index in [0.29, 0.717) is 24.6 Å². The number of hydrogen-bond acceptors (Lipinski definition) is 5. The molecule has 28 heavy (non-hydrogen) atoms. The molecule has 150 valence electrons. The lowest BCUT2D eigenvalue weighted by Crippen LogP contribution is -2.49. The van der Waals surface area contributed by atoms with Crippen molar-refractivity contribution in [3.8, 4) is 5.75 Å². The van der Waals surface area contributed by atoms with Gasteiger partial charge in [-0.1, -0.05) is 13.8 Å². The van der Waals surface area contributed by atoms with Gasteiger partial charge < -0.3 is 14.5 Å². The molecular weight excluding hydrogens is 352 g/mol. The van der Waals surface area contributed by atoms with Gasteiger partial charge in [-0.2, -0.15) is 0 Å². The summed E-state index contributed by atoms with van der Waals surface area (Å²) in [4.78, 5) is 26.2. The summed E-state index contributed by atoms with van der Waals surface area (Å²) in [5.74, 6) is 2.98. The van der Waals surface area contributed by atoms with Crippen molar-refractivity contribution in [1.82, 2.24) is 14.9 Å². The molecule has 6 heteroatoms. The van der Waals surface area contributed by atoms with Gasteiger partial charge in [0.05, 0.1) is 6.10 Å². The van der Waals surface area contributed by atoms with Gasteiger partial charge >= 0.3 is 0 Å². The van der Waals surface area contributed by atoms with E-state index >= 15 is 0 Å². The van der Waals surface area contributed by atoms with E-state index in [0.717, 1.165) is 36.2 Å². The molecule has 0 spiro atoms. The zero-order valence-electron chi connectivity index (χ0n) is 17.5. The summed E-state index contributed by atoms with van der Waals surface area (Å²) in [6.45, 7) is 13.1. The number of aryl methyl sites for hydroxylation is 1. The predicted molar refractivity (Wildman–Crippen MR) is 111 cm³/mol. The highest BCUT2D eigenvalue weighted by Crippen LogP contribution is 2.20. The van der Waals surface area contributed by atoms with Crippen LogP contribution in [0.25, 0.3) is 0 Å². The average molecular weight is 383 g/mol. The van der Waals surface area contributed by atoms with Crippen molar-refractivity contribution in [3.05, 3.63) is 47.4 Å². The third-order valence-corrected chi connectivity index (χ3v) is 4.74. The zero-order valence-corrected chi connectivity index (χ0v) is 17.5. The smallest absolute Gasteiger partial charge is 0.253 e. The number of aromatic nitrogens is 2. The SMILES string of the molecule is Cc1cc(N2CCN(C(=O)c3ccc(OC(C)C)cc3)CC2)nc(C(C)C)n1. The van der Waals surface area contributed by atoms with Crippen molar-refractivity contribution >= 4 is 11.7 Å². The fourth-order valence-electron chi connectivity index (χ4n) is 3.26. The second-order valence-electron chi connectivity index (χ2n) is 7.85. The van der Waals surface area contributed by atoms with Crippen LogP contribution in [0.1, 0.15) is 55.5 Å². The van der Waals surface area contributed by atoms with Crippen molar-refractivity contribution in [2.75, 3.05) is 31.1 Å². The fourth-order valence-corrected chi connectivity index (χ4v) is 3.26. The summed E-state index contributed by atoms with van der Waals surface area (Å²) >= 11 is 0. The molecule has 0 unspecified atom stereocenters. The number of benzene rings is 1. The first-order valence-electron chi connectivity index (χ1n) is 10.00. The van der Waals surface area contributed by atoms with Gasteiger partial charge in [0.25, 0.3) is 5.91 Å². The van der Waals surface area contributed by atoms with Crippen molar-refractivity contribution in [3.63, 3.8) is 0 Å². The van der Waals surface area contributed by atoms with Crippen LogP contribution in [-0.2, 0) is 0 Å². The third-order valence-electron chi connectivity index (χ3n) is 4.74. The van der Waals surface area contributed by atoms with Gasteiger partial charge in [-0.3, -0.25) is 4.79 Å². The van der Waals surface area contributed by atoms with Crippen LogP contribution in [0.3, 0.4) is 0 Å². The summed E-state index contributed by atoms with van der Waals surface area (Å²) in [6, 6.07) is 9.43. The number of carbonyl (C=O) groups excluding carboxylic acids is 1. The predicted octanol–water partition coefficient (Wildman–Crippen LogP) is 3.66. The Hall–Kier alpha value is -2.63. The van der Waals surface area contributed by atoms with Crippen LogP contribution in [0, 0.1) is 6.92 Å². The number of piperazine rings is 1. The molecule has 3 rings (SSSR count). The number of carbonyl (C=O) groups is 1. The van der Waals surface area contributed by atoms with E-state index in [1.807, 2.05) is 56.0 Å². The summed E-state index contributed by atoms with van der Waals surface area (Å²) in [7, 11) is 0.